The van der Waals surface area contributed by atoms with Gasteiger partial charge in [0.2, 0.25) is 0 Å². The van der Waals surface area contributed by atoms with Crippen molar-refractivity contribution in [3.63, 3.8) is 0 Å². The smallest absolute Gasteiger partial charge is 0.108 e. The second-order valence-electron chi connectivity index (χ2n) is 3.25. The highest BCUT2D eigenvalue weighted by molar-refractivity contribution is 5.73. The van der Waals surface area contributed by atoms with E-state index in [-0.39, 0.29) is 0 Å². The first-order valence-electron chi connectivity index (χ1n) is 4.61. The summed E-state index contributed by atoms with van der Waals surface area (Å²) >= 11 is 0. The average Bonchev–Trinajstić information content (AvgIpc) is 2.60. The molecule has 1 atom stereocenters. The van der Waals surface area contributed by atoms with Crippen LogP contribution in [0.3, 0.4) is 0 Å². The van der Waals surface area contributed by atoms with Crippen LogP contribution in [-0.2, 0) is 0 Å². The van der Waals surface area contributed by atoms with Crippen LogP contribution in [0.15, 0.2) is 24.5 Å². The van der Waals surface area contributed by atoms with Gasteiger partial charge in [-0.15, -0.1) is 0 Å². The molecule has 0 spiro atoms. The Morgan fingerprint density at radius 2 is 2.38 bits per heavy atom. The fraction of sp³-hybridized carbons (Fsp3) is 0.400. The van der Waals surface area contributed by atoms with E-state index in [9.17, 15) is 0 Å². The normalized spacial score (nSPS) is 13.4. The number of pyridine rings is 1. The van der Waals surface area contributed by atoms with Crippen molar-refractivity contribution < 1.29 is 0 Å². The molecule has 0 aromatic carbocycles. The number of nitrogens with zero attached hydrogens (tertiary/aromatic N) is 3. The summed E-state index contributed by atoms with van der Waals surface area (Å²) in [6.45, 7) is 4.33. The number of rotatable bonds is 2. The highest BCUT2D eigenvalue weighted by atomic mass is 15.3. The molecule has 13 heavy (non-hydrogen) atoms. The summed E-state index contributed by atoms with van der Waals surface area (Å²) in [4.78, 5) is 4.24. The van der Waals surface area contributed by atoms with Crippen LogP contribution >= 0.6 is 0 Å². The summed E-state index contributed by atoms with van der Waals surface area (Å²) < 4.78 is 2.03. The lowest BCUT2D eigenvalue weighted by Crippen LogP contribution is -2.04. The molecule has 2 heterocycles. The molecule has 0 saturated heterocycles. The predicted octanol–water partition coefficient (Wildman–Crippen LogP) is 2.40. The molecule has 3 heteroatoms. The molecule has 3 nitrogen and oxygen atoms in total. The highest BCUT2D eigenvalue weighted by Crippen LogP contribution is 2.16. The SMILES string of the molecule is CCC(C)n1ncc2ncccc21. The molecule has 0 amide bonds. The fourth-order valence-electron chi connectivity index (χ4n) is 1.41. The lowest BCUT2D eigenvalue weighted by molar-refractivity contribution is 0.493. The van der Waals surface area contributed by atoms with Gasteiger partial charge in [-0.05, 0) is 25.5 Å². The molecule has 0 aliphatic rings. The summed E-state index contributed by atoms with van der Waals surface area (Å²) in [5.74, 6) is 0. The first-order chi connectivity index (χ1) is 6.33. The minimum absolute atomic E-state index is 0.446. The zero-order valence-electron chi connectivity index (χ0n) is 7.94. The van der Waals surface area contributed by atoms with Crippen molar-refractivity contribution in [2.45, 2.75) is 26.3 Å². The van der Waals surface area contributed by atoms with Crippen molar-refractivity contribution in [1.29, 1.82) is 0 Å². The van der Waals surface area contributed by atoms with Gasteiger partial charge < -0.3 is 0 Å². The minimum Gasteiger partial charge on any atom is -0.260 e. The Morgan fingerprint density at radius 1 is 1.54 bits per heavy atom. The molecule has 0 N–H and O–H groups in total. The van der Waals surface area contributed by atoms with Crippen LogP contribution in [0.2, 0.25) is 0 Å². The third-order valence-corrected chi connectivity index (χ3v) is 2.38. The molecule has 1 unspecified atom stereocenters. The number of hydrogen-bond donors (Lipinski definition) is 0. The maximum Gasteiger partial charge on any atom is 0.108 e. The molecule has 0 aliphatic heterocycles. The molecule has 0 bridgehead atoms. The molecule has 0 saturated carbocycles. The zero-order valence-corrected chi connectivity index (χ0v) is 7.94. The lowest BCUT2D eigenvalue weighted by Gasteiger charge is -2.09. The van der Waals surface area contributed by atoms with Gasteiger partial charge in [0.1, 0.15) is 5.52 Å². The van der Waals surface area contributed by atoms with Crippen molar-refractivity contribution >= 4 is 11.0 Å². The summed E-state index contributed by atoms with van der Waals surface area (Å²) in [6, 6.07) is 4.45. The largest absolute Gasteiger partial charge is 0.260 e. The van der Waals surface area contributed by atoms with Crippen molar-refractivity contribution in [2.75, 3.05) is 0 Å². The fourth-order valence-corrected chi connectivity index (χ4v) is 1.41. The molecule has 0 aliphatic carbocycles. The Kier molecular flexibility index (Phi) is 2.00. The van der Waals surface area contributed by atoms with Crippen LogP contribution in [0.1, 0.15) is 26.3 Å². The number of hydrogen-bond acceptors (Lipinski definition) is 2. The second-order valence-corrected chi connectivity index (χ2v) is 3.25. The Hall–Kier alpha value is -1.38. The standard InChI is InChI=1S/C10H13N3/c1-3-8(2)13-10-5-4-6-11-9(10)7-12-13/h4-8H,3H2,1-2H3. The number of fused-ring (bicyclic) bond motifs is 1. The van der Waals surface area contributed by atoms with Gasteiger partial charge in [-0.1, -0.05) is 6.92 Å². The van der Waals surface area contributed by atoms with Crippen LogP contribution in [0, 0.1) is 0 Å². The third-order valence-electron chi connectivity index (χ3n) is 2.38. The zero-order chi connectivity index (χ0) is 9.26. The van der Waals surface area contributed by atoms with E-state index >= 15 is 0 Å². The topological polar surface area (TPSA) is 30.7 Å². The maximum atomic E-state index is 4.32. The molecule has 2 rings (SSSR count). The van der Waals surface area contributed by atoms with E-state index in [0.29, 0.717) is 6.04 Å². The van der Waals surface area contributed by atoms with Gasteiger partial charge >= 0.3 is 0 Å². The molecule has 2 aromatic rings. The summed E-state index contributed by atoms with van der Waals surface area (Å²) in [6.07, 6.45) is 4.71. The molecule has 0 radical (unpaired) electrons. The van der Waals surface area contributed by atoms with Gasteiger partial charge in [0.15, 0.2) is 0 Å². The van der Waals surface area contributed by atoms with Crippen molar-refractivity contribution in [2.24, 2.45) is 0 Å². The van der Waals surface area contributed by atoms with Crippen LogP contribution in [0.5, 0.6) is 0 Å². The van der Waals surface area contributed by atoms with Crippen molar-refractivity contribution in [1.82, 2.24) is 14.8 Å². The van der Waals surface area contributed by atoms with Crippen LogP contribution < -0.4 is 0 Å². The Labute approximate surface area is 77.4 Å². The van der Waals surface area contributed by atoms with E-state index in [0.717, 1.165) is 17.5 Å². The van der Waals surface area contributed by atoms with Gasteiger partial charge in [-0.3, -0.25) is 9.67 Å². The lowest BCUT2D eigenvalue weighted by atomic mass is 10.2. The molecule has 0 fully saturated rings. The number of aromatic nitrogens is 3. The van der Waals surface area contributed by atoms with Crippen LogP contribution in [0.25, 0.3) is 11.0 Å². The third kappa shape index (κ3) is 1.30. The quantitative estimate of drug-likeness (QED) is 0.701. The average molecular weight is 175 g/mol. The monoisotopic (exact) mass is 175 g/mol. The Balaban J connectivity index is 2.57. The predicted molar refractivity (Wildman–Crippen MR) is 52.5 cm³/mol. The van der Waals surface area contributed by atoms with E-state index in [1.165, 1.54) is 0 Å². The maximum absolute atomic E-state index is 4.32. The van der Waals surface area contributed by atoms with E-state index in [1.807, 2.05) is 16.9 Å². The molecule has 2 aromatic heterocycles. The highest BCUT2D eigenvalue weighted by Gasteiger charge is 2.07. The second kappa shape index (κ2) is 3.17. The van der Waals surface area contributed by atoms with Gasteiger partial charge in [-0.25, -0.2) is 0 Å². The van der Waals surface area contributed by atoms with Gasteiger partial charge in [0.25, 0.3) is 0 Å². The van der Waals surface area contributed by atoms with E-state index < -0.39 is 0 Å². The van der Waals surface area contributed by atoms with Gasteiger partial charge in [0, 0.05) is 12.2 Å². The first-order valence-corrected chi connectivity index (χ1v) is 4.61. The van der Waals surface area contributed by atoms with Crippen molar-refractivity contribution in [3.8, 4) is 0 Å². The Bertz CT molecular complexity index is 405. The van der Waals surface area contributed by atoms with E-state index in [2.05, 4.69) is 30.0 Å². The van der Waals surface area contributed by atoms with Crippen LogP contribution in [-0.4, -0.2) is 14.8 Å². The molecule has 68 valence electrons. The summed E-state index contributed by atoms with van der Waals surface area (Å²) in [5, 5.41) is 4.32. The van der Waals surface area contributed by atoms with Crippen LogP contribution in [0.4, 0.5) is 0 Å². The van der Waals surface area contributed by atoms with E-state index in [4.69, 9.17) is 0 Å². The van der Waals surface area contributed by atoms with Gasteiger partial charge in [-0.2, -0.15) is 5.10 Å². The van der Waals surface area contributed by atoms with E-state index in [1.54, 1.807) is 6.20 Å². The van der Waals surface area contributed by atoms with Gasteiger partial charge in [0.05, 0.1) is 11.7 Å². The summed E-state index contributed by atoms with van der Waals surface area (Å²) in [7, 11) is 0. The first kappa shape index (κ1) is 8.23. The Morgan fingerprint density at radius 3 is 3.15 bits per heavy atom. The van der Waals surface area contributed by atoms with Crippen molar-refractivity contribution in [3.05, 3.63) is 24.5 Å². The minimum atomic E-state index is 0.446. The molecular formula is C10H13N3. The summed E-state index contributed by atoms with van der Waals surface area (Å²) in [5.41, 5.74) is 2.10. The molecular weight excluding hydrogens is 162 g/mol.